The minimum Gasteiger partial charge on any atom is -0.486 e. The Morgan fingerprint density at radius 3 is 2.74 bits per heavy atom. The molecular weight excluding hydrogens is 418 g/mol. The van der Waals surface area contributed by atoms with Gasteiger partial charge in [0, 0.05) is 31.3 Å². The fraction of sp³-hybridized carbons (Fsp3) is 0.318. The summed E-state index contributed by atoms with van der Waals surface area (Å²) in [6.07, 6.45) is 0. The van der Waals surface area contributed by atoms with Crippen molar-refractivity contribution in [2.24, 2.45) is 4.99 Å². The second-order valence-corrected chi connectivity index (χ2v) is 7.88. The maximum Gasteiger partial charge on any atom is 0.279 e. The van der Waals surface area contributed by atoms with Gasteiger partial charge in [0.05, 0.1) is 16.8 Å². The number of benzene rings is 2. The molecule has 2 amide bonds. The average molecular weight is 442 g/mol. The number of carbonyl (C=O) groups is 2. The van der Waals surface area contributed by atoms with E-state index in [9.17, 15) is 9.59 Å². The van der Waals surface area contributed by atoms with Crippen LogP contribution in [0.2, 0.25) is 0 Å². The highest BCUT2D eigenvalue weighted by Gasteiger charge is 2.16. The number of anilines is 1. The lowest BCUT2D eigenvalue weighted by molar-refractivity contribution is -0.114. The van der Waals surface area contributed by atoms with Crippen LogP contribution >= 0.6 is 11.3 Å². The standard InChI is InChI=1S/C22H23N3O5S/c1-3-28-9-8-25-17-6-5-16(23-14(2)26)13-20(17)31-22(25)24-21(27)15-4-7-18-19(12-15)30-11-10-29-18/h4-7,12-13H,3,8-11H2,1-2H3,(H,23,26). The van der Waals surface area contributed by atoms with Crippen LogP contribution in [0.5, 0.6) is 11.5 Å². The maximum atomic E-state index is 12.9. The van der Waals surface area contributed by atoms with Crippen LogP contribution in [0.3, 0.4) is 0 Å². The van der Waals surface area contributed by atoms with E-state index in [-0.39, 0.29) is 11.8 Å². The molecule has 1 aromatic heterocycles. The third-order valence-corrected chi connectivity index (χ3v) is 5.69. The van der Waals surface area contributed by atoms with Crippen LogP contribution in [-0.4, -0.2) is 42.8 Å². The normalized spacial score (nSPS) is 13.4. The van der Waals surface area contributed by atoms with E-state index < -0.39 is 0 Å². The van der Waals surface area contributed by atoms with Gasteiger partial charge in [0.25, 0.3) is 5.91 Å². The second kappa shape index (κ2) is 9.32. The third kappa shape index (κ3) is 4.78. The summed E-state index contributed by atoms with van der Waals surface area (Å²) in [5, 5.41) is 2.78. The molecule has 4 rings (SSSR count). The molecule has 0 saturated heterocycles. The van der Waals surface area contributed by atoms with Crippen molar-refractivity contribution in [1.82, 2.24) is 4.57 Å². The molecule has 9 heteroatoms. The summed E-state index contributed by atoms with van der Waals surface area (Å²) in [5.41, 5.74) is 2.05. The summed E-state index contributed by atoms with van der Waals surface area (Å²) >= 11 is 1.39. The Hall–Kier alpha value is -3.17. The van der Waals surface area contributed by atoms with E-state index in [2.05, 4.69) is 10.3 Å². The molecule has 0 radical (unpaired) electrons. The van der Waals surface area contributed by atoms with Crippen LogP contribution in [0.4, 0.5) is 5.69 Å². The zero-order valence-corrected chi connectivity index (χ0v) is 18.2. The molecule has 0 spiro atoms. The lowest BCUT2D eigenvalue weighted by atomic mass is 10.2. The number of fused-ring (bicyclic) bond motifs is 2. The number of nitrogens with zero attached hydrogens (tertiary/aromatic N) is 2. The smallest absolute Gasteiger partial charge is 0.279 e. The number of amides is 2. The van der Waals surface area contributed by atoms with Crippen molar-refractivity contribution < 1.29 is 23.8 Å². The van der Waals surface area contributed by atoms with Crippen molar-refractivity contribution in [2.45, 2.75) is 20.4 Å². The number of hydrogen-bond acceptors (Lipinski definition) is 6. The SMILES string of the molecule is CCOCCn1c(=NC(=O)c2ccc3c(c2)OCCO3)sc2cc(NC(C)=O)ccc21. The first-order chi connectivity index (χ1) is 15.0. The Kier molecular flexibility index (Phi) is 6.34. The summed E-state index contributed by atoms with van der Waals surface area (Å²) in [7, 11) is 0. The van der Waals surface area contributed by atoms with Gasteiger partial charge in [-0.2, -0.15) is 4.99 Å². The molecule has 2 aromatic carbocycles. The molecule has 0 bridgehead atoms. The van der Waals surface area contributed by atoms with Gasteiger partial charge in [-0.25, -0.2) is 0 Å². The number of carbonyl (C=O) groups excluding carboxylic acids is 2. The van der Waals surface area contributed by atoms with Crippen molar-refractivity contribution >= 4 is 39.1 Å². The summed E-state index contributed by atoms with van der Waals surface area (Å²) in [6.45, 7) is 6.01. The zero-order valence-electron chi connectivity index (χ0n) is 17.3. The molecule has 8 nitrogen and oxygen atoms in total. The van der Waals surface area contributed by atoms with Gasteiger partial charge in [0.1, 0.15) is 13.2 Å². The Balaban J connectivity index is 1.73. The topological polar surface area (TPSA) is 91.2 Å². The van der Waals surface area contributed by atoms with E-state index in [0.29, 0.717) is 60.5 Å². The van der Waals surface area contributed by atoms with Crippen LogP contribution < -0.4 is 19.6 Å². The highest BCUT2D eigenvalue weighted by molar-refractivity contribution is 7.16. The minimum absolute atomic E-state index is 0.140. The molecular formula is C22H23N3O5S. The predicted octanol–water partition coefficient (Wildman–Crippen LogP) is 3.21. The van der Waals surface area contributed by atoms with E-state index in [1.165, 1.54) is 18.3 Å². The van der Waals surface area contributed by atoms with Crippen LogP contribution in [0.15, 0.2) is 41.4 Å². The lowest BCUT2D eigenvalue weighted by Gasteiger charge is -2.18. The summed E-state index contributed by atoms with van der Waals surface area (Å²) in [6, 6.07) is 10.7. The molecule has 1 aliphatic rings. The van der Waals surface area contributed by atoms with Gasteiger partial charge in [0.2, 0.25) is 5.91 Å². The van der Waals surface area contributed by atoms with Crippen LogP contribution in [-0.2, 0) is 16.1 Å². The number of hydrogen-bond donors (Lipinski definition) is 1. The van der Waals surface area contributed by atoms with Gasteiger partial charge in [-0.15, -0.1) is 0 Å². The molecule has 0 atom stereocenters. The highest BCUT2D eigenvalue weighted by atomic mass is 32.1. The minimum atomic E-state index is -0.365. The number of thiazole rings is 1. The van der Waals surface area contributed by atoms with E-state index in [1.54, 1.807) is 18.2 Å². The molecule has 1 aliphatic heterocycles. The first-order valence-electron chi connectivity index (χ1n) is 10.0. The van der Waals surface area contributed by atoms with Crippen molar-refractivity contribution in [1.29, 1.82) is 0 Å². The van der Waals surface area contributed by atoms with Gasteiger partial charge >= 0.3 is 0 Å². The maximum absolute atomic E-state index is 12.9. The van der Waals surface area contributed by atoms with Crippen LogP contribution in [0.25, 0.3) is 10.2 Å². The fourth-order valence-corrected chi connectivity index (χ4v) is 4.38. The van der Waals surface area contributed by atoms with Gasteiger partial charge in [-0.1, -0.05) is 11.3 Å². The number of rotatable bonds is 6. The lowest BCUT2D eigenvalue weighted by Crippen LogP contribution is -2.20. The monoisotopic (exact) mass is 441 g/mol. The van der Waals surface area contributed by atoms with Gasteiger partial charge < -0.3 is 24.1 Å². The first kappa shape index (κ1) is 21.1. The van der Waals surface area contributed by atoms with E-state index in [0.717, 1.165) is 10.2 Å². The number of aromatic nitrogens is 1. The molecule has 0 unspecified atom stereocenters. The van der Waals surface area contributed by atoms with Crippen LogP contribution in [0.1, 0.15) is 24.2 Å². The number of ether oxygens (including phenoxy) is 3. The predicted molar refractivity (Wildman–Crippen MR) is 118 cm³/mol. The average Bonchev–Trinajstić information content (AvgIpc) is 3.09. The molecule has 0 aliphatic carbocycles. The van der Waals surface area contributed by atoms with Gasteiger partial charge in [-0.3, -0.25) is 9.59 Å². The quantitative estimate of drug-likeness (QED) is 0.593. The van der Waals surface area contributed by atoms with Crippen molar-refractivity contribution in [2.75, 3.05) is 31.7 Å². The zero-order chi connectivity index (χ0) is 21.8. The van der Waals surface area contributed by atoms with Crippen molar-refractivity contribution in [3.8, 4) is 11.5 Å². The first-order valence-corrected chi connectivity index (χ1v) is 10.8. The Bertz CT molecular complexity index is 1200. The van der Waals surface area contributed by atoms with Gasteiger partial charge in [-0.05, 0) is 43.3 Å². The fourth-order valence-electron chi connectivity index (χ4n) is 3.28. The van der Waals surface area contributed by atoms with E-state index in [1.807, 2.05) is 29.7 Å². The molecule has 1 N–H and O–H groups in total. The Morgan fingerprint density at radius 2 is 1.97 bits per heavy atom. The molecule has 31 heavy (non-hydrogen) atoms. The molecule has 0 fully saturated rings. The molecule has 2 heterocycles. The van der Waals surface area contributed by atoms with Gasteiger partial charge in [0.15, 0.2) is 16.3 Å². The van der Waals surface area contributed by atoms with E-state index >= 15 is 0 Å². The second-order valence-electron chi connectivity index (χ2n) is 6.87. The summed E-state index contributed by atoms with van der Waals surface area (Å²) in [4.78, 5) is 29.3. The van der Waals surface area contributed by atoms with Crippen LogP contribution in [0, 0.1) is 0 Å². The van der Waals surface area contributed by atoms with Crippen molar-refractivity contribution in [3.63, 3.8) is 0 Å². The Morgan fingerprint density at radius 1 is 1.16 bits per heavy atom. The molecule has 0 saturated carbocycles. The van der Waals surface area contributed by atoms with Crippen molar-refractivity contribution in [3.05, 3.63) is 46.8 Å². The molecule has 3 aromatic rings. The molecule has 162 valence electrons. The number of nitrogens with one attached hydrogen (secondary N) is 1. The van der Waals surface area contributed by atoms with E-state index in [4.69, 9.17) is 14.2 Å². The Labute approximate surface area is 183 Å². The third-order valence-electron chi connectivity index (χ3n) is 4.65. The highest BCUT2D eigenvalue weighted by Crippen LogP contribution is 2.31. The summed E-state index contributed by atoms with van der Waals surface area (Å²) in [5.74, 6) is 0.671. The largest absolute Gasteiger partial charge is 0.486 e. The summed E-state index contributed by atoms with van der Waals surface area (Å²) < 4.78 is 19.5.